The minimum atomic E-state index is -1.39. The Bertz CT molecular complexity index is 954. The Kier molecular flexibility index (Phi) is 3.94. The number of nitrogens with one attached hydrogen (secondary N) is 1. The van der Waals surface area contributed by atoms with Crippen molar-refractivity contribution in [1.29, 1.82) is 0 Å². The zero-order valence-electron chi connectivity index (χ0n) is 11.1. The summed E-state index contributed by atoms with van der Waals surface area (Å²) >= 11 is 12.2. The molecular formula is C13H8Cl2N4O2S. The summed E-state index contributed by atoms with van der Waals surface area (Å²) in [5.74, 6) is 0. The van der Waals surface area contributed by atoms with Crippen LogP contribution >= 0.6 is 23.2 Å². The van der Waals surface area contributed by atoms with Crippen molar-refractivity contribution in [2.24, 2.45) is 0 Å². The molecule has 0 saturated carbocycles. The van der Waals surface area contributed by atoms with Gasteiger partial charge in [-0.2, -0.15) is 4.98 Å². The molecule has 1 N–H and O–H groups in total. The molecule has 6 nitrogen and oxygen atoms in total. The lowest BCUT2D eigenvalue weighted by Crippen LogP contribution is -2.12. The normalized spacial score (nSPS) is 12.5. The number of aromatic amines is 1. The van der Waals surface area contributed by atoms with E-state index >= 15 is 0 Å². The highest BCUT2D eigenvalue weighted by atomic mass is 35.5. The van der Waals surface area contributed by atoms with Crippen LogP contribution < -0.4 is 5.56 Å². The smallest absolute Gasteiger partial charge is 0.257 e. The molecule has 0 fully saturated rings. The molecule has 0 bridgehead atoms. The van der Waals surface area contributed by atoms with Gasteiger partial charge in [0.15, 0.2) is 5.65 Å². The topological polar surface area (TPSA) is 88.6 Å². The molecule has 0 amide bonds. The zero-order chi connectivity index (χ0) is 15.9. The Labute approximate surface area is 137 Å². The fourth-order valence-corrected chi connectivity index (χ4v) is 2.92. The number of benzene rings is 1. The third kappa shape index (κ3) is 2.63. The average Bonchev–Trinajstić information content (AvgIpc) is 2.46. The maximum atomic E-state index is 12.3. The number of pyridine rings is 1. The van der Waals surface area contributed by atoms with Crippen LogP contribution in [-0.2, 0) is 10.8 Å². The molecule has 0 aliphatic heterocycles. The van der Waals surface area contributed by atoms with E-state index in [1.54, 1.807) is 18.2 Å². The number of rotatable bonds is 2. The largest absolute Gasteiger partial charge is 0.305 e. The van der Waals surface area contributed by atoms with Crippen molar-refractivity contribution < 1.29 is 4.21 Å². The Morgan fingerprint density at radius 2 is 1.86 bits per heavy atom. The van der Waals surface area contributed by atoms with Gasteiger partial charge >= 0.3 is 0 Å². The number of hydrogen-bond acceptors (Lipinski definition) is 5. The molecule has 22 heavy (non-hydrogen) atoms. The number of aromatic nitrogens is 4. The Hall–Kier alpha value is -1.83. The zero-order valence-corrected chi connectivity index (χ0v) is 13.5. The molecule has 9 heteroatoms. The first-order valence-corrected chi connectivity index (χ1v) is 8.34. The van der Waals surface area contributed by atoms with Gasteiger partial charge in [-0.3, -0.25) is 9.00 Å². The third-order valence-electron chi connectivity index (χ3n) is 2.94. The van der Waals surface area contributed by atoms with E-state index in [1.807, 2.05) is 0 Å². The Morgan fingerprint density at radius 3 is 2.50 bits per heavy atom. The van der Waals surface area contributed by atoms with Gasteiger partial charge in [0.2, 0.25) is 5.16 Å². The second kappa shape index (κ2) is 5.75. The Morgan fingerprint density at radius 1 is 1.18 bits per heavy atom. The number of fused-ring (bicyclic) bond motifs is 1. The molecule has 0 spiro atoms. The maximum Gasteiger partial charge on any atom is 0.257 e. The van der Waals surface area contributed by atoms with E-state index in [0.29, 0.717) is 21.1 Å². The van der Waals surface area contributed by atoms with Gasteiger partial charge < -0.3 is 4.98 Å². The molecule has 112 valence electrons. The molecule has 1 aromatic carbocycles. The SMILES string of the molecule is CS(=O)c1nnc2cc(-c3c(Cl)cccc3Cl)c(=O)[nH]c2n1. The number of H-pyrrole nitrogens is 1. The quantitative estimate of drug-likeness (QED) is 0.763. The predicted molar refractivity (Wildman–Crippen MR) is 85.7 cm³/mol. The second-order valence-electron chi connectivity index (χ2n) is 4.39. The van der Waals surface area contributed by atoms with Gasteiger partial charge in [0.25, 0.3) is 5.56 Å². The molecule has 0 saturated heterocycles. The lowest BCUT2D eigenvalue weighted by atomic mass is 10.1. The van der Waals surface area contributed by atoms with E-state index in [1.165, 1.54) is 12.3 Å². The minimum absolute atomic E-state index is 0.0478. The molecule has 0 radical (unpaired) electrons. The maximum absolute atomic E-state index is 12.3. The summed E-state index contributed by atoms with van der Waals surface area (Å²) in [6.07, 6.45) is 1.43. The fourth-order valence-electron chi connectivity index (χ4n) is 1.95. The summed E-state index contributed by atoms with van der Waals surface area (Å²) in [6.45, 7) is 0. The lowest BCUT2D eigenvalue weighted by molar-refractivity contribution is 0.676. The number of hydrogen-bond donors (Lipinski definition) is 1. The van der Waals surface area contributed by atoms with Gasteiger partial charge in [0, 0.05) is 11.8 Å². The molecule has 2 aromatic heterocycles. The number of halogens is 2. The van der Waals surface area contributed by atoms with Crippen molar-refractivity contribution >= 4 is 45.2 Å². The van der Waals surface area contributed by atoms with Gasteiger partial charge in [-0.15, -0.1) is 10.2 Å². The van der Waals surface area contributed by atoms with Crippen LogP contribution in [0.25, 0.3) is 22.3 Å². The van der Waals surface area contributed by atoms with Crippen LogP contribution in [0.1, 0.15) is 0 Å². The summed E-state index contributed by atoms with van der Waals surface area (Å²) in [6, 6.07) is 6.47. The minimum Gasteiger partial charge on any atom is -0.305 e. The van der Waals surface area contributed by atoms with Crippen LogP contribution in [0, 0.1) is 0 Å². The number of nitrogens with zero attached hydrogens (tertiary/aromatic N) is 3. The van der Waals surface area contributed by atoms with Crippen LogP contribution in [0.5, 0.6) is 0 Å². The third-order valence-corrected chi connectivity index (χ3v) is 4.26. The summed E-state index contributed by atoms with van der Waals surface area (Å²) in [5, 5.41) is 8.44. The van der Waals surface area contributed by atoms with Crippen LogP contribution in [-0.4, -0.2) is 30.6 Å². The molecule has 0 aliphatic carbocycles. The van der Waals surface area contributed by atoms with Crippen LogP contribution in [0.15, 0.2) is 34.2 Å². The van der Waals surface area contributed by atoms with Crippen molar-refractivity contribution in [2.75, 3.05) is 6.26 Å². The fraction of sp³-hybridized carbons (Fsp3) is 0.0769. The predicted octanol–water partition coefficient (Wildman–Crippen LogP) is 2.42. The highest BCUT2D eigenvalue weighted by Gasteiger charge is 2.15. The molecule has 1 atom stereocenters. The first kappa shape index (κ1) is 15.1. The molecule has 3 rings (SSSR count). The van der Waals surface area contributed by atoms with E-state index in [9.17, 15) is 9.00 Å². The summed E-state index contributed by atoms with van der Waals surface area (Å²) in [7, 11) is -1.39. The van der Waals surface area contributed by atoms with Gasteiger partial charge in [-0.05, 0) is 18.2 Å². The van der Waals surface area contributed by atoms with Crippen molar-refractivity contribution in [2.45, 2.75) is 5.16 Å². The highest BCUT2D eigenvalue weighted by Crippen LogP contribution is 2.33. The van der Waals surface area contributed by atoms with E-state index in [-0.39, 0.29) is 16.4 Å². The molecule has 1 unspecified atom stereocenters. The van der Waals surface area contributed by atoms with Gasteiger partial charge in [0.1, 0.15) is 5.52 Å². The van der Waals surface area contributed by atoms with Crippen LogP contribution in [0.2, 0.25) is 10.0 Å². The van der Waals surface area contributed by atoms with Gasteiger partial charge in [-0.25, -0.2) is 0 Å². The average molecular weight is 355 g/mol. The summed E-state index contributed by atoms with van der Waals surface area (Å²) in [5.41, 5.74) is 0.816. The van der Waals surface area contributed by atoms with Crippen molar-refractivity contribution in [3.63, 3.8) is 0 Å². The molecular weight excluding hydrogens is 347 g/mol. The van der Waals surface area contributed by atoms with E-state index in [0.717, 1.165) is 0 Å². The summed E-state index contributed by atoms with van der Waals surface area (Å²) in [4.78, 5) is 18.9. The molecule has 0 aliphatic rings. The second-order valence-corrected chi connectivity index (χ2v) is 6.48. The first-order valence-electron chi connectivity index (χ1n) is 6.03. The van der Waals surface area contributed by atoms with Gasteiger partial charge in [-0.1, -0.05) is 29.3 Å². The van der Waals surface area contributed by atoms with Crippen molar-refractivity contribution in [3.8, 4) is 11.1 Å². The Balaban J connectivity index is 2.29. The molecule has 2 heterocycles. The highest BCUT2D eigenvalue weighted by molar-refractivity contribution is 7.84. The van der Waals surface area contributed by atoms with Crippen molar-refractivity contribution in [1.82, 2.24) is 20.2 Å². The first-order chi connectivity index (χ1) is 10.5. The van der Waals surface area contributed by atoms with Crippen molar-refractivity contribution in [3.05, 3.63) is 44.7 Å². The van der Waals surface area contributed by atoms with Crippen LogP contribution in [0.4, 0.5) is 0 Å². The monoisotopic (exact) mass is 354 g/mol. The summed E-state index contributed by atoms with van der Waals surface area (Å²) < 4.78 is 11.4. The van der Waals surface area contributed by atoms with E-state index in [2.05, 4.69) is 20.2 Å². The van der Waals surface area contributed by atoms with E-state index < -0.39 is 16.4 Å². The van der Waals surface area contributed by atoms with Gasteiger partial charge in [0.05, 0.1) is 26.4 Å². The lowest BCUT2D eigenvalue weighted by Gasteiger charge is -2.07. The standard InChI is InChI=1S/C13H8Cl2N4O2S/c1-22(21)13-17-11-9(18-19-13)5-6(12(20)16-11)10-7(14)3-2-4-8(10)15/h2-5H,1H3,(H,16,17,19,20). The van der Waals surface area contributed by atoms with E-state index in [4.69, 9.17) is 23.2 Å². The molecule has 3 aromatic rings. The van der Waals surface area contributed by atoms with Crippen LogP contribution in [0.3, 0.4) is 0 Å².